The molecule has 1 unspecified atom stereocenters. The molecule has 1 atom stereocenters. The van der Waals surface area contributed by atoms with Gasteiger partial charge in [-0.1, -0.05) is 37.6 Å². The summed E-state index contributed by atoms with van der Waals surface area (Å²) in [5, 5.41) is 0. The van der Waals surface area contributed by atoms with E-state index in [1.807, 2.05) is 65.0 Å². The van der Waals surface area contributed by atoms with Gasteiger partial charge in [-0.3, -0.25) is 9.59 Å². The van der Waals surface area contributed by atoms with Crippen molar-refractivity contribution < 1.29 is 9.59 Å². The fraction of sp³-hybridized carbons (Fsp3) is 0.375. The van der Waals surface area contributed by atoms with Crippen LogP contribution in [0.3, 0.4) is 0 Å². The molecule has 1 saturated heterocycles. The standard InChI is InChI=1S/C24H27BrN4O2/c1-3-4-13-27(2)23(31)16-29-21-12-8-6-10-19(21)26-24(29)17-14-22(30)28(15-17)20-11-7-5-9-18(20)25/h5-12,17H,3-4,13-16H2,1-2H3. The topological polar surface area (TPSA) is 58.4 Å². The molecule has 3 aromatic rings. The van der Waals surface area contributed by atoms with Crippen molar-refractivity contribution in [1.29, 1.82) is 0 Å². The summed E-state index contributed by atoms with van der Waals surface area (Å²) in [4.78, 5) is 34.3. The minimum absolute atomic E-state index is 0.0600. The number of carbonyl (C=O) groups excluding carboxylic acids is 2. The summed E-state index contributed by atoms with van der Waals surface area (Å²) in [6, 6.07) is 15.6. The van der Waals surface area contributed by atoms with Crippen molar-refractivity contribution >= 4 is 44.5 Å². The van der Waals surface area contributed by atoms with E-state index in [9.17, 15) is 9.59 Å². The van der Waals surface area contributed by atoms with Crippen molar-refractivity contribution in [2.45, 2.75) is 38.6 Å². The lowest BCUT2D eigenvalue weighted by atomic mass is 10.1. The number of benzene rings is 2. The van der Waals surface area contributed by atoms with Crippen molar-refractivity contribution in [1.82, 2.24) is 14.5 Å². The van der Waals surface area contributed by atoms with Crippen LogP contribution in [0.15, 0.2) is 53.0 Å². The quantitative estimate of drug-likeness (QED) is 0.495. The van der Waals surface area contributed by atoms with E-state index in [0.717, 1.165) is 46.4 Å². The Morgan fingerprint density at radius 3 is 2.71 bits per heavy atom. The molecule has 6 nitrogen and oxygen atoms in total. The Morgan fingerprint density at radius 1 is 1.19 bits per heavy atom. The van der Waals surface area contributed by atoms with Crippen LogP contribution in [0.5, 0.6) is 0 Å². The highest BCUT2D eigenvalue weighted by atomic mass is 79.9. The molecule has 1 aliphatic rings. The second kappa shape index (κ2) is 9.22. The van der Waals surface area contributed by atoms with E-state index in [-0.39, 0.29) is 24.3 Å². The minimum atomic E-state index is -0.0687. The van der Waals surface area contributed by atoms with Gasteiger partial charge in [0.15, 0.2) is 0 Å². The number of anilines is 1. The van der Waals surface area contributed by atoms with Gasteiger partial charge in [0.05, 0.1) is 16.7 Å². The highest BCUT2D eigenvalue weighted by Crippen LogP contribution is 2.36. The summed E-state index contributed by atoms with van der Waals surface area (Å²) in [5.74, 6) is 0.869. The number of aromatic nitrogens is 2. The van der Waals surface area contributed by atoms with Gasteiger partial charge >= 0.3 is 0 Å². The van der Waals surface area contributed by atoms with Crippen LogP contribution < -0.4 is 4.90 Å². The van der Waals surface area contributed by atoms with Crippen molar-refractivity contribution in [2.75, 3.05) is 25.0 Å². The molecule has 31 heavy (non-hydrogen) atoms. The maximum absolute atomic E-state index is 12.9. The molecule has 0 saturated carbocycles. The molecule has 0 spiro atoms. The van der Waals surface area contributed by atoms with Crippen molar-refractivity contribution in [3.63, 3.8) is 0 Å². The fourth-order valence-corrected chi connectivity index (χ4v) is 4.63. The second-order valence-corrected chi connectivity index (χ2v) is 8.92. The fourth-order valence-electron chi connectivity index (χ4n) is 4.13. The number of hydrogen-bond acceptors (Lipinski definition) is 3. The van der Waals surface area contributed by atoms with Gasteiger partial charge in [0.1, 0.15) is 12.4 Å². The summed E-state index contributed by atoms with van der Waals surface area (Å²) < 4.78 is 2.90. The van der Waals surface area contributed by atoms with Gasteiger partial charge in [-0.2, -0.15) is 0 Å². The lowest BCUT2D eigenvalue weighted by Gasteiger charge is -2.20. The Hall–Kier alpha value is -2.67. The molecule has 2 aromatic carbocycles. The molecule has 1 fully saturated rings. The SMILES string of the molecule is CCCCN(C)C(=O)Cn1c(C2CC(=O)N(c3ccccc3Br)C2)nc2ccccc21. The van der Waals surface area contributed by atoms with E-state index < -0.39 is 0 Å². The van der Waals surface area contributed by atoms with E-state index in [1.165, 1.54) is 0 Å². The normalized spacial score (nSPS) is 16.3. The van der Waals surface area contributed by atoms with E-state index in [2.05, 4.69) is 22.9 Å². The monoisotopic (exact) mass is 482 g/mol. The first kappa shape index (κ1) is 21.6. The zero-order chi connectivity index (χ0) is 22.0. The summed E-state index contributed by atoms with van der Waals surface area (Å²) in [6.07, 6.45) is 2.41. The Labute approximate surface area is 191 Å². The number of fused-ring (bicyclic) bond motifs is 1. The van der Waals surface area contributed by atoms with Gasteiger partial charge in [0.2, 0.25) is 11.8 Å². The second-order valence-electron chi connectivity index (χ2n) is 8.07. The zero-order valence-electron chi connectivity index (χ0n) is 17.9. The van der Waals surface area contributed by atoms with Crippen molar-refractivity contribution in [2.24, 2.45) is 0 Å². The van der Waals surface area contributed by atoms with Gasteiger partial charge in [-0.25, -0.2) is 4.98 Å². The Balaban J connectivity index is 1.65. The highest BCUT2D eigenvalue weighted by Gasteiger charge is 2.35. The number of carbonyl (C=O) groups is 2. The number of hydrogen-bond donors (Lipinski definition) is 0. The lowest BCUT2D eigenvalue weighted by molar-refractivity contribution is -0.130. The smallest absolute Gasteiger partial charge is 0.242 e. The molecule has 162 valence electrons. The molecule has 7 heteroatoms. The predicted molar refractivity (Wildman–Crippen MR) is 126 cm³/mol. The first-order chi connectivity index (χ1) is 15.0. The minimum Gasteiger partial charge on any atom is -0.344 e. The maximum Gasteiger partial charge on any atom is 0.242 e. The summed E-state index contributed by atoms with van der Waals surface area (Å²) >= 11 is 3.56. The molecule has 4 rings (SSSR count). The maximum atomic E-state index is 12.9. The van der Waals surface area contributed by atoms with Gasteiger partial charge in [0.25, 0.3) is 0 Å². The predicted octanol–water partition coefficient (Wildman–Crippen LogP) is 4.58. The number of rotatable bonds is 7. The number of likely N-dealkylation sites (N-methyl/N-ethyl adjacent to an activating group) is 1. The average Bonchev–Trinajstić information content (AvgIpc) is 3.33. The number of unbranched alkanes of at least 4 members (excludes halogenated alkanes) is 1. The molecule has 0 bridgehead atoms. The Kier molecular flexibility index (Phi) is 6.41. The average molecular weight is 483 g/mol. The third-order valence-electron chi connectivity index (χ3n) is 5.88. The van der Waals surface area contributed by atoms with Crippen molar-refractivity contribution in [3.8, 4) is 0 Å². The first-order valence-corrected chi connectivity index (χ1v) is 11.5. The van der Waals surface area contributed by atoms with Gasteiger partial charge < -0.3 is 14.4 Å². The van der Waals surface area contributed by atoms with Gasteiger partial charge in [-0.05, 0) is 46.6 Å². The zero-order valence-corrected chi connectivity index (χ0v) is 19.5. The summed E-state index contributed by atoms with van der Waals surface area (Å²) in [6.45, 7) is 3.64. The van der Waals surface area contributed by atoms with Crippen LogP contribution in [-0.4, -0.2) is 46.4 Å². The van der Waals surface area contributed by atoms with Crippen LogP contribution in [0.4, 0.5) is 5.69 Å². The molecule has 1 aliphatic heterocycles. The Morgan fingerprint density at radius 2 is 1.94 bits per heavy atom. The number of halogens is 1. The van der Waals surface area contributed by atoms with Crippen molar-refractivity contribution in [3.05, 3.63) is 58.8 Å². The molecule has 0 radical (unpaired) electrons. The van der Waals surface area contributed by atoms with Crippen LogP contribution in [0.2, 0.25) is 0 Å². The molecule has 2 amide bonds. The van der Waals surface area contributed by atoms with Crippen LogP contribution >= 0.6 is 15.9 Å². The molecule has 0 aliphatic carbocycles. The number of para-hydroxylation sites is 3. The third-order valence-corrected chi connectivity index (χ3v) is 6.55. The molecule has 1 aromatic heterocycles. The number of imidazole rings is 1. The molecular weight excluding hydrogens is 456 g/mol. The largest absolute Gasteiger partial charge is 0.344 e. The number of nitrogens with zero attached hydrogens (tertiary/aromatic N) is 4. The first-order valence-electron chi connectivity index (χ1n) is 10.7. The van der Waals surface area contributed by atoms with Gasteiger partial charge in [0, 0.05) is 36.9 Å². The lowest BCUT2D eigenvalue weighted by Crippen LogP contribution is -2.32. The van der Waals surface area contributed by atoms with Gasteiger partial charge in [-0.15, -0.1) is 0 Å². The molecule has 0 N–H and O–H groups in total. The molecule has 2 heterocycles. The van der Waals surface area contributed by atoms with E-state index in [1.54, 1.807) is 4.90 Å². The van der Waals surface area contributed by atoms with E-state index in [0.29, 0.717) is 13.0 Å². The third kappa shape index (κ3) is 4.37. The van der Waals surface area contributed by atoms with Crippen LogP contribution in [0.25, 0.3) is 11.0 Å². The van der Waals surface area contributed by atoms with Crippen LogP contribution in [0, 0.1) is 0 Å². The van der Waals surface area contributed by atoms with E-state index >= 15 is 0 Å². The summed E-state index contributed by atoms with van der Waals surface area (Å²) in [7, 11) is 1.85. The Bertz CT molecular complexity index is 1110. The molecular formula is C24H27BrN4O2. The van der Waals surface area contributed by atoms with Crippen LogP contribution in [0.1, 0.15) is 37.9 Å². The highest BCUT2D eigenvalue weighted by molar-refractivity contribution is 9.10. The van der Waals surface area contributed by atoms with Crippen LogP contribution in [-0.2, 0) is 16.1 Å². The van der Waals surface area contributed by atoms with E-state index in [4.69, 9.17) is 4.98 Å². The summed E-state index contributed by atoms with van der Waals surface area (Å²) in [5.41, 5.74) is 2.66. The number of amides is 2.